The fourth-order valence-electron chi connectivity index (χ4n) is 4.34. The van der Waals surface area contributed by atoms with Crippen LogP contribution in [0.1, 0.15) is 5.56 Å². The summed E-state index contributed by atoms with van der Waals surface area (Å²) in [6.07, 6.45) is 1.95. The number of aromatic nitrogens is 1. The minimum Gasteiger partial charge on any atom is -0.254 e. The lowest BCUT2D eigenvalue weighted by molar-refractivity contribution is 1.39. The number of fused-ring (bicyclic) bond motifs is 3. The molecule has 0 unspecified atom stereocenters. The van der Waals surface area contributed by atoms with Gasteiger partial charge in [-0.05, 0) is 33.7 Å². The van der Waals surface area contributed by atoms with Crippen molar-refractivity contribution in [1.29, 1.82) is 0 Å². The van der Waals surface area contributed by atoms with Gasteiger partial charge >= 0.3 is 0 Å². The molecule has 0 radical (unpaired) electrons. The third-order valence-corrected chi connectivity index (χ3v) is 5.93. The molecular weight excluding hydrogens is 388 g/mol. The minimum atomic E-state index is 0.873. The summed E-state index contributed by atoms with van der Waals surface area (Å²) in [6, 6.07) is 39.9. The highest BCUT2D eigenvalue weighted by molar-refractivity contribution is 6.02. The lowest BCUT2D eigenvalue weighted by Crippen LogP contribution is -1.88. The van der Waals surface area contributed by atoms with Gasteiger partial charge in [0.05, 0.1) is 16.9 Å². The molecule has 0 fully saturated rings. The summed E-state index contributed by atoms with van der Waals surface area (Å²) < 4.78 is 0. The van der Waals surface area contributed by atoms with Gasteiger partial charge in [0.15, 0.2) is 0 Å². The van der Waals surface area contributed by atoms with Crippen molar-refractivity contribution in [2.75, 3.05) is 0 Å². The summed E-state index contributed by atoms with van der Waals surface area (Å²) in [6.45, 7) is 0. The summed E-state index contributed by atoms with van der Waals surface area (Å²) in [7, 11) is 0. The van der Waals surface area contributed by atoms with E-state index in [0.29, 0.717) is 0 Å². The Morgan fingerprint density at radius 3 is 2.06 bits per heavy atom. The van der Waals surface area contributed by atoms with Crippen LogP contribution in [-0.4, -0.2) is 11.2 Å². The first-order valence-electron chi connectivity index (χ1n) is 10.8. The first kappa shape index (κ1) is 18.5. The van der Waals surface area contributed by atoms with Gasteiger partial charge in [0.25, 0.3) is 0 Å². The number of pyridine rings is 1. The largest absolute Gasteiger partial charge is 0.254 e. The smallest absolute Gasteiger partial charge is 0.0965 e. The maximum absolute atomic E-state index is 5.06. The highest BCUT2D eigenvalue weighted by Gasteiger charge is 2.08. The topological polar surface area (TPSA) is 25.2 Å². The van der Waals surface area contributed by atoms with E-state index >= 15 is 0 Å². The molecule has 6 aromatic rings. The summed E-state index contributed by atoms with van der Waals surface area (Å²) in [5.41, 5.74) is 4.98. The quantitative estimate of drug-likeness (QED) is 0.273. The molecule has 0 aliphatic rings. The van der Waals surface area contributed by atoms with Crippen molar-refractivity contribution in [2.45, 2.75) is 0 Å². The van der Waals surface area contributed by atoms with Crippen LogP contribution in [0.2, 0.25) is 0 Å². The van der Waals surface area contributed by atoms with E-state index in [1.807, 2.05) is 18.3 Å². The summed E-state index contributed by atoms with van der Waals surface area (Å²) >= 11 is 0. The molecule has 0 saturated carbocycles. The molecule has 2 heteroatoms. The Labute approximate surface area is 186 Å². The molecule has 0 amide bonds. The van der Waals surface area contributed by atoms with E-state index in [2.05, 4.69) is 103 Å². The number of nitrogens with zero attached hydrogens (tertiary/aromatic N) is 2. The van der Waals surface area contributed by atoms with Crippen LogP contribution in [0, 0.1) is 0 Å². The predicted octanol–water partition coefficient (Wildman–Crippen LogP) is 7.96. The molecule has 32 heavy (non-hydrogen) atoms. The first-order valence-corrected chi connectivity index (χ1v) is 10.8. The van der Waals surface area contributed by atoms with E-state index in [0.717, 1.165) is 33.4 Å². The molecule has 150 valence electrons. The number of para-hydroxylation sites is 1. The van der Waals surface area contributed by atoms with Crippen LogP contribution < -0.4 is 0 Å². The van der Waals surface area contributed by atoms with Gasteiger partial charge in [-0.3, -0.25) is 4.99 Å². The van der Waals surface area contributed by atoms with Gasteiger partial charge in [0.2, 0.25) is 0 Å². The van der Waals surface area contributed by atoms with Gasteiger partial charge in [-0.15, -0.1) is 0 Å². The highest BCUT2D eigenvalue weighted by atomic mass is 14.8. The normalized spacial score (nSPS) is 11.6. The number of hydrogen-bond donors (Lipinski definition) is 0. The Balaban J connectivity index is 1.49. The molecule has 0 aliphatic heterocycles. The van der Waals surface area contributed by atoms with Gasteiger partial charge in [-0.2, -0.15) is 0 Å². The van der Waals surface area contributed by atoms with Crippen molar-refractivity contribution < 1.29 is 0 Å². The number of benzene rings is 5. The Bertz CT molecular complexity index is 1620. The predicted molar refractivity (Wildman–Crippen MR) is 136 cm³/mol. The number of aliphatic imine (C=N–C) groups is 1. The summed E-state index contributed by atoms with van der Waals surface area (Å²) in [5.74, 6) is 0. The van der Waals surface area contributed by atoms with E-state index in [1.165, 1.54) is 21.5 Å². The standard InChI is InChI=1S/C30H20N2/c1-3-14-25-21(8-1)10-5-13-24(25)20-31-29-17-7-12-23-18-19-28(32-30(23)29)27-16-6-11-22-9-2-4-15-26(22)27/h1-20H. The van der Waals surface area contributed by atoms with Crippen LogP contribution in [0.15, 0.2) is 120 Å². The van der Waals surface area contributed by atoms with E-state index in [-0.39, 0.29) is 0 Å². The number of rotatable bonds is 3. The zero-order chi connectivity index (χ0) is 21.3. The lowest BCUT2D eigenvalue weighted by Gasteiger charge is -2.08. The average molecular weight is 409 g/mol. The fraction of sp³-hybridized carbons (Fsp3) is 0. The molecule has 6 rings (SSSR count). The Morgan fingerprint density at radius 1 is 0.531 bits per heavy atom. The van der Waals surface area contributed by atoms with Crippen LogP contribution >= 0.6 is 0 Å². The van der Waals surface area contributed by atoms with Crippen molar-refractivity contribution in [3.05, 3.63) is 121 Å². The minimum absolute atomic E-state index is 0.873. The van der Waals surface area contributed by atoms with Gasteiger partial charge < -0.3 is 0 Å². The van der Waals surface area contributed by atoms with E-state index in [9.17, 15) is 0 Å². The maximum Gasteiger partial charge on any atom is 0.0965 e. The van der Waals surface area contributed by atoms with Gasteiger partial charge in [-0.1, -0.05) is 103 Å². The van der Waals surface area contributed by atoms with Crippen LogP contribution in [0.5, 0.6) is 0 Å². The van der Waals surface area contributed by atoms with Crippen molar-refractivity contribution >= 4 is 44.3 Å². The van der Waals surface area contributed by atoms with E-state index in [4.69, 9.17) is 9.98 Å². The number of hydrogen-bond acceptors (Lipinski definition) is 2. The van der Waals surface area contributed by atoms with E-state index < -0.39 is 0 Å². The third-order valence-electron chi connectivity index (χ3n) is 5.93. The van der Waals surface area contributed by atoms with Gasteiger partial charge in [0, 0.05) is 22.7 Å². The van der Waals surface area contributed by atoms with Gasteiger partial charge in [-0.25, -0.2) is 4.98 Å². The molecule has 0 aliphatic carbocycles. The first-order chi connectivity index (χ1) is 15.9. The molecule has 2 nitrogen and oxygen atoms in total. The van der Waals surface area contributed by atoms with Crippen molar-refractivity contribution in [1.82, 2.24) is 4.98 Å². The molecule has 1 heterocycles. The molecule has 0 saturated heterocycles. The van der Waals surface area contributed by atoms with Crippen LogP contribution in [0.4, 0.5) is 5.69 Å². The molecule has 0 N–H and O–H groups in total. The second kappa shape index (κ2) is 7.75. The van der Waals surface area contributed by atoms with Crippen molar-refractivity contribution in [3.8, 4) is 11.3 Å². The average Bonchev–Trinajstić information content (AvgIpc) is 2.87. The maximum atomic E-state index is 5.06. The molecule has 0 spiro atoms. The monoisotopic (exact) mass is 408 g/mol. The Hall–Kier alpha value is -4.30. The SMILES string of the molecule is C(=Nc1cccc2ccc(-c3cccc4ccccc34)nc12)c1cccc2ccccc12. The molecule has 0 bridgehead atoms. The van der Waals surface area contributed by atoms with Gasteiger partial charge in [0.1, 0.15) is 0 Å². The zero-order valence-electron chi connectivity index (χ0n) is 17.4. The van der Waals surface area contributed by atoms with Crippen molar-refractivity contribution in [2.24, 2.45) is 4.99 Å². The van der Waals surface area contributed by atoms with Crippen LogP contribution in [0.3, 0.4) is 0 Å². The summed E-state index contributed by atoms with van der Waals surface area (Å²) in [4.78, 5) is 9.92. The highest BCUT2D eigenvalue weighted by Crippen LogP contribution is 2.31. The molecule has 1 aromatic heterocycles. The van der Waals surface area contributed by atoms with Crippen LogP contribution in [0.25, 0.3) is 43.7 Å². The lowest BCUT2D eigenvalue weighted by atomic mass is 10.0. The molecule has 0 atom stereocenters. The van der Waals surface area contributed by atoms with E-state index in [1.54, 1.807) is 0 Å². The second-order valence-corrected chi connectivity index (χ2v) is 7.90. The Kier molecular flexibility index (Phi) is 4.47. The zero-order valence-corrected chi connectivity index (χ0v) is 17.4. The third kappa shape index (κ3) is 3.23. The summed E-state index contributed by atoms with van der Waals surface area (Å²) in [5, 5.41) is 5.92. The Morgan fingerprint density at radius 2 is 1.19 bits per heavy atom. The molecular formula is C30H20N2. The molecule has 5 aromatic carbocycles. The second-order valence-electron chi connectivity index (χ2n) is 7.90. The van der Waals surface area contributed by atoms with Crippen molar-refractivity contribution in [3.63, 3.8) is 0 Å². The fourth-order valence-corrected chi connectivity index (χ4v) is 4.34. The van der Waals surface area contributed by atoms with Crippen LogP contribution in [-0.2, 0) is 0 Å².